The van der Waals surface area contributed by atoms with Gasteiger partial charge in [0.05, 0.1) is 51.3 Å². The molecule has 0 aliphatic rings. The maximum atomic E-state index is 12.7. The molecule has 28 heteroatoms. The van der Waals surface area contributed by atoms with Crippen LogP contribution in [0.1, 0.15) is 212 Å². The van der Waals surface area contributed by atoms with E-state index < -0.39 is 90.9 Å². The molecule has 0 saturated carbocycles. The first-order chi connectivity index (χ1) is 43.2. The Balaban J connectivity index is 0.0000810. The van der Waals surface area contributed by atoms with Crippen molar-refractivity contribution < 1.29 is 102 Å². The Labute approximate surface area is 534 Å². The lowest BCUT2D eigenvalue weighted by Crippen LogP contribution is -2.42. The molecule has 1 heterocycles. The fourth-order valence-corrected chi connectivity index (χ4v) is 9.70. The van der Waals surface area contributed by atoms with Gasteiger partial charge >= 0.3 is 23.9 Å². The summed E-state index contributed by atoms with van der Waals surface area (Å²) in [5.41, 5.74) is 6.79. The third kappa shape index (κ3) is 47.9. The molecule has 0 bridgehead atoms. The van der Waals surface area contributed by atoms with Gasteiger partial charge in [0.1, 0.15) is 42.6 Å². The molecule has 28 nitrogen and oxygen atoms in total. The van der Waals surface area contributed by atoms with Crippen LogP contribution < -0.4 is 27.0 Å². The van der Waals surface area contributed by atoms with Crippen molar-refractivity contribution >= 4 is 70.6 Å². The van der Waals surface area contributed by atoms with E-state index >= 15 is 0 Å². The number of ketones is 4. The summed E-state index contributed by atoms with van der Waals surface area (Å²) in [4.78, 5) is 153. The molecule has 0 spiro atoms. The number of nitrogens with two attached hydrogens (primary N) is 1. The largest absolute Gasteiger partial charge is 0.481 e. The second-order valence-electron chi connectivity index (χ2n) is 22.7. The maximum absolute atomic E-state index is 12.7. The number of hydrogen-bond donors (Lipinski definition) is 10. The molecule has 91 heavy (non-hydrogen) atoms. The summed E-state index contributed by atoms with van der Waals surface area (Å²) in [6, 6.07) is -3.29. The Kier molecular flexibility index (Phi) is 51.1. The first kappa shape index (κ1) is 84.4. The van der Waals surface area contributed by atoms with E-state index in [1.165, 1.54) is 38.4 Å². The highest BCUT2D eigenvalue weighted by Gasteiger charge is 2.26. The van der Waals surface area contributed by atoms with Crippen molar-refractivity contribution in [2.75, 3.05) is 65.9 Å². The maximum Gasteiger partial charge on any atom is 0.326 e. The molecule has 520 valence electrons. The number of carbonyl (C=O) groups is 12. The monoisotopic (exact) mass is 1300 g/mol. The highest BCUT2D eigenvalue weighted by Crippen LogP contribution is 2.20. The van der Waals surface area contributed by atoms with Gasteiger partial charge in [0.25, 0.3) is 0 Å². The average molecular weight is 1300 g/mol. The quantitative estimate of drug-likeness (QED) is 0.0396. The number of aliphatic carboxylic acids is 4. The Hall–Kier alpha value is -6.59. The summed E-state index contributed by atoms with van der Waals surface area (Å²) in [5.74, 6) is -8.98. The molecule has 1 aromatic rings. The van der Waals surface area contributed by atoms with Crippen molar-refractivity contribution in [2.45, 2.75) is 231 Å². The Morgan fingerprint density at radius 1 is 0.473 bits per heavy atom. The molecular weight excluding hydrogens is 1190 g/mol. The highest BCUT2D eigenvalue weighted by molar-refractivity contribution is 5.88. The number of imidazole rings is 1. The van der Waals surface area contributed by atoms with E-state index in [9.17, 15) is 72.9 Å². The zero-order valence-electron chi connectivity index (χ0n) is 53.6. The molecule has 1 aromatic heterocycles. The van der Waals surface area contributed by atoms with Crippen molar-refractivity contribution in [1.29, 1.82) is 0 Å². The number of rotatable bonds is 63. The topological polar surface area (TPSA) is 457 Å². The van der Waals surface area contributed by atoms with Gasteiger partial charge in [-0.1, -0.05) is 90.4 Å². The predicted octanol–water partition coefficient (Wildman–Crippen LogP) is 4.68. The number of carbonyl (C=O) groups excluding carboxylic acids is 8. The minimum Gasteiger partial charge on any atom is -0.481 e. The molecule has 4 amide bonds. The lowest BCUT2D eigenvalue weighted by atomic mass is 9.89. The van der Waals surface area contributed by atoms with Gasteiger partial charge in [-0.05, 0) is 57.8 Å². The number of nitrogens with zero attached hydrogens (tertiary/aromatic N) is 1. The summed E-state index contributed by atoms with van der Waals surface area (Å²) in [6.45, 7) is 2.22. The number of carboxylic acids is 4. The summed E-state index contributed by atoms with van der Waals surface area (Å²) in [7, 11) is 0. The van der Waals surface area contributed by atoms with Crippen LogP contribution in [0.25, 0.3) is 0 Å². The van der Waals surface area contributed by atoms with E-state index in [1.807, 2.05) is 0 Å². The lowest BCUT2D eigenvalue weighted by molar-refractivity contribution is -0.145. The van der Waals surface area contributed by atoms with Crippen molar-refractivity contribution in [1.82, 2.24) is 31.2 Å². The lowest BCUT2D eigenvalue weighted by Gasteiger charge is -2.17. The molecule has 5 atom stereocenters. The van der Waals surface area contributed by atoms with Crippen molar-refractivity contribution in [3.63, 3.8) is 0 Å². The van der Waals surface area contributed by atoms with Gasteiger partial charge in [-0.3, -0.25) is 47.9 Å². The van der Waals surface area contributed by atoms with Crippen LogP contribution in [0.4, 0.5) is 0 Å². The summed E-state index contributed by atoms with van der Waals surface area (Å²) >= 11 is 0. The number of amides is 4. The van der Waals surface area contributed by atoms with Crippen LogP contribution in [0.2, 0.25) is 0 Å². The predicted molar refractivity (Wildman–Crippen MR) is 333 cm³/mol. The van der Waals surface area contributed by atoms with Crippen LogP contribution in [-0.2, 0) is 82.9 Å². The first-order valence-corrected chi connectivity index (χ1v) is 32.4. The standard InChI is InChI=1S/C63H105N7O20.H2O/c1-2-54(73)46(24-29-55(74)51(64)41-48-42-65-45-68-48)20-17-18-32-66-56(75)31-28-53(63(85)86)70-58(77)30-25-47(61(81)82)40-50(72)43-89-38-37-88-35-33-67-59(78)44-90-39-36-87-34-19-21-49(71)26-27-52(62(83)84)69-57(76)22-15-13-11-9-7-5-3-4-6-8-10-12-14-16-23-60(79)80;/h42,45-47,51-53H,2-41,43-44,64H2,1H3,(H,65,68)(H,66,75)(H,67,78)(H,69,76)(H,70,77)(H,79,80)(H,81,82)(H,83,84)(H,85,86);1H2/t46-,47-,51+,52+,53+;/m1./s1. The number of nitrogens with one attached hydrogen (secondary N) is 5. The van der Waals surface area contributed by atoms with Crippen molar-refractivity contribution in [3.8, 4) is 0 Å². The van der Waals surface area contributed by atoms with Crippen molar-refractivity contribution in [2.24, 2.45) is 17.6 Å². The second-order valence-corrected chi connectivity index (χ2v) is 22.7. The van der Waals surface area contributed by atoms with Gasteiger partial charge in [-0.15, -0.1) is 0 Å². The highest BCUT2D eigenvalue weighted by atomic mass is 16.5. The smallest absolute Gasteiger partial charge is 0.326 e. The van der Waals surface area contributed by atoms with Gasteiger partial charge in [0.15, 0.2) is 5.78 Å². The van der Waals surface area contributed by atoms with Crippen LogP contribution in [0, 0.1) is 11.8 Å². The summed E-state index contributed by atoms with van der Waals surface area (Å²) in [6.07, 6.45) is 20.2. The number of ether oxygens (including phenoxy) is 4. The summed E-state index contributed by atoms with van der Waals surface area (Å²) < 4.78 is 21.4. The van der Waals surface area contributed by atoms with E-state index in [1.54, 1.807) is 13.1 Å². The van der Waals surface area contributed by atoms with E-state index in [2.05, 4.69) is 31.2 Å². The Morgan fingerprint density at radius 2 is 0.989 bits per heavy atom. The van der Waals surface area contributed by atoms with E-state index in [4.69, 9.17) is 29.8 Å². The van der Waals surface area contributed by atoms with Gasteiger partial charge < -0.3 is 76.8 Å². The van der Waals surface area contributed by atoms with Crippen LogP contribution in [0.5, 0.6) is 0 Å². The zero-order chi connectivity index (χ0) is 66.6. The number of hydrogen-bond acceptors (Lipinski definition) is 18. The molecule has 1 rings (SSSR count). The molecule has 0 radical (unpaired) electrons. The SMILES string of the molecule is CCC(=O)[C@H](CCCCNC(=O)CC[C@H](NC(=O)CC[C@H](CC(=O)COCCOCCNC(=O)COCCOCCCC(=O)CC[C@H](NC(=O)CCCCCCCCCCCCCCCCC(=O)O)C(=O)O)C(=O)O)C(=O)O)CCC(=O)[C@@H](N)Cc1cnc[nH]1.O. The number of carboxylic acid groups (broad SMARTS) is 4. The Bertz CT molecular complexity index is 2250. The van der Waals surface area contributed by atoms with E-state index in [0.717, 1.165) is 57.1 Å². The van der Waals surface area contributed by atoms with Crippen LogP contribution in [0.3, 0.4) is 0 Å². The van der Waals surface area contributed by atoms with Crippen LogP contribution >= 0.6 is 0 Å². The number of aromatic amines is 1. The van der Waals surface area contributed by atoms with E-state index in [0.29, 0.717) is 51.4 Å². The molecular formula is C63H107N7O21. The first-order valence-electron chi connectivity index (χ1n) is 32.4. The number of H-pyrrole nitrogens is 1. The Morgan fingerprint density at radius 3 is 1.55 bits per heavy atom. The van der Waals surface area contributed by atoms with Gasteiger partial charge in [0, 0.05) is 102 Å². The third-order valence-electron chi connectivity index (χ3n) is 15.0. The zero-order valence-corrected chi connectivity index (χ0v) is 53.6. The third-order valence-corrected chi connectivity index (χ3v) is 15.0. The molecule has 0 aromatic carbocycles. The molecule has 0 aliphatic carbocycles. The normalized spacial score (nSPS) is 12.7. The minimum absolute atomic E-state index is 0. The minimum atomic E-state index is -1.43. The fraction of sp³-hybridized carbons (Fsp3) is 0.762. The number of unbranched alkanes of at least 4 members (excludes halogenated alkanes) is 14. The van der Waals surface area contributed by atoms with Gasteiger partial charge in [0.2, 0.25) is 23.6 Å². The summed E-state index contributed by atoms with van der Waals surface area (Å²) in [5, 5.41) is 47.8. The molecule has 0 aliphatic heterocycles. The van der Waals surface area contributed by atoms with Crippen LogP contribution in [-0.4, -0.2) is 191 Å². The van der Waals surface area contributed by atoms with Crippen LogP contribution in [0.15, 0.2) is 12.5 Å². The van der Waals surface area contributed by atoms with Crippen molar-refractivity contribution in [3.05, 3.63) is 18.2 Å². The second kappa shape index (κ2) is 55.1. The molecule has 0 unspecified atom stereocenters. The molecule has 0 fully saturated rings. The average Bonchev–Trinajstić information content (AvgIpc) is 3.16. The van der Waals surface area contributed by atoms with Gasteiger partial charge in [-0.25, -0.2) is 14.6 Å². The van der Waals surface area contributed by atoms with E-state index in [-0.39, 0.29) is 152 Å². The van der Waals surface area contributed by atoms with Gasteiger partial charge in [-0.2, -0.15) is 0 Å². The fourth-order valence-electron chi connectivity index (χ4n) is 9.70. The molecule has 0 saturated heterocycles. The number of Topliss-reactive ketones (excluding diaryl/α,β-unsaturated/α-hetero) is 4. The molecule has 13 N–H and O–H groups in total. The number of aromatic nitrogens is 2.